The SMILES string of the molecule is CCCN1CCC(CN)(N2CCSC(CC)C2)CC1. The Morgan fingerprint density at radius 1 is 1.21 bits per heavy atom. The first-order valence-corrected chi connectivity index (χ1v) is 9.08. The number of piperidine rings is 1. The molecule has 2 aliphatic heterocycles. The van der Waals surface area contributed by atoms with Gasteiger partial charge in [-0.15, -0.1) is 0 Å². The normalized spacial score (nSPS) is 29.5. The Morgan fingerprint density at radius 3 is 2.53 bits per heavy atom. The first-order chi connectivity index (χ1) is 9.24. The minimum absolute atomic E-state index is 0.304. The lowest BCUT2D eigenvalue weighted by Gasteiger charge is -2.51. The van der Waals surface area contributed by atoms with Crippen LogP contribution in [0.1, 0.15) is 39.5 Å². The van der Waals surface area contributed by atoms with Gasteiger partial charge in [-0.25, -0.2) is 0 Å². The number of likely N-dealkylation sites (tertiary alicyclic amines) is 1. The third-order valence-electron chi connectivity index (χ3n) is 4.97. The summed E-state index contributed by atoms with van der Waals surface area (Å²) >= 11 is 2.16. The summed E-state index contributed by atoms with van der Waals surface area (Å²) in [6.45, 7) is 11.7. The monoisotopic (exact) mass is 285 g/mol. The number of hydrogen-bond acceptors (Lipinski definition) is 4. The van der Waals surface area contributed by atoms with E-state index < -0.39 is 0 Å². The second-order valence-corrected chi connectivity index (χ2v) is 7.53. The summed E-state index contributed by atoms with van der Waals surface area (Å²) in [5.74, 6) is 1.29. The molecule has 0 aromatic carbocycles. The highest BCUT2D eigenvalue weighted by molar-refractivity contribution is 8.00. The van der Waals surface area contributed by atoms with Crippen LogP contribution < -0.4 is 5.73 Å². The highest BCUT2D eigenvalue weighted by Gasteiger charge is 2.40. The van der Waals surface area contributed by atoms with Crippen molar-refractivity contribution in [3.63, 3.8) is 0 Å². The third kappa shape index (κ3) is 3.66. The van der Waals surface area contributed by atoms with Crippen molar-refractivity contribution in [2.45, 2.75) is 50.3 Å². The summed E-state index contributed by atoms with van der Waals surface area (Å²) in [5, 5.41) is 0.825. The molecular formula is C15H31N3S. The van der Waals surface area contributed by atoms with Crippen molar-refractivity contribution in [1.29, 1.82) is 0 Å². The minimum Gasteiger partial charge on any atom is -0.329 e. The lowest BCUT2D eigenvalue weighted by atomic mass is 9.85. The summed E-state index contributed by atoms with van der Waals surface area (Å²) in [4.78, 5) is 5.35. The largest absolute Gasteiger partial charge is 0.329 e. The van der Waals surface area contributed by atoms with Gasteiger partial charge >= 0.3 is 0 Å². The molecule has 4 heteroatoms. The van der Waals surface area contributed by atoms with Crippen LogP contribution in [0.5, 0.6) is 0 Å². The maximum Gasteiger partial charge on any atom is 0.0356 e. The molecule has 2 aliphatic rings. The second-order valence-electron chi connectivity index (χ2n) is 6.12. The van der Waals surface area contributed by atoms with Crippen molar-refractivity contribution >= 4 is 11.8 Å². The average molecular weight is 286 g/mol. The van der Waals surface area contributed by atoms with Gasteiger partial charge in [0.15, 0.2) is 0 Å². The molecule has 1 atom stereocenters. The number of nitrogens with two attached hydrogens (primary N) is 1. The van der Waals surface area contributed by atoms with Gasteiger partial charge in [-0.2, -0.15) is 11.8 Å². The molecule has 2 saturated heterocycles. The van der Waals surface area contributed by atoms with Crippen molar-refractivity contribution in [3.8, 4) is 0 Å². The van der Waals surface area contributed by atoms with E-state index in [1.807, 2.05) is 0 Å². The molecule has 112 valence electrons. The van der Waals surface area contributed by atoms with E-state index in [1.54, 1.807) is 0 Å². The van der Waals surface area contributed by atoms with Crippen molar-refractivity contribution in [2.24, 2.45) is 5.73 Å². The van der Waals surface area contributed by atoms with Crippen LogP contribution in [0, 0.1) is 0 Å². The van der Waals surface area contributed by atoms with Crippen LogP contribution in [-0.4, -0.2) is 65.6 Å². The fourth-order valence-corrected chi connectivity index (χ4v) is 4.74. The Bertz CT molecular complexity index is 264. The van der Waals surface area contributed by atoms with E-state index in [0.717, 1.165) is 11.8 Å². The van der Waals surface area contributed by atoms with Gasteiger partial charge in [-0.3, -0.25) is 4.90 Å². The van der Waals surface area contributed by atoms with E-state index >= 15 is 0 Å². The van der Waals surface area contributed by atoms with Crippen molar-refractivity contribution < 1.29 is 0 Å². The Morgan fingerprint density at radius 2 is 1.95 bits per heavy atom. The Hall–Kier alpha value is 0.230. The summed E-state index contributed by atoms with van der Waals surface area (Å²) < 4.78 is 0. The average Bonchev–Trinajstić information content (AvgIpc) is 2.49. The molecule has 0 aromatic heterocycles. The van der Waals surface area contributed by atoms with Crippen molar-refractivity contribution in [1.82, 2.24) is 9.80 Å². The van der Waals surface area contributed by atoms with Crippen molar-refractivity contribution in [2.75, 3.05) is 45.0 Å². The molecule has 0 spiro atoms. The highest BCUT2D eigenvalue weighted by Crippen LogP contribution is 2.33. The number of nitrogens with zero attached hydrogens (tertiary/aromatic N) is 2. The van der Waals surface area contributed by atoms with E-state index in [2.05, 4.69) is 35.4 Å². The third-order valence-corrected chi connectivity index (χ3v) is 6.34. The summed E-state index contributed by atoms with van der Waals surface area (Å²) in [5.41, 5.74) is 6.51. The van der Waals surface area contributed by atoms with Gasteiger partial charge in [-0.05, 0) is 45.3 Å². The molecule has 19 heavy (non-hydrogen) atoms. The molecule has 2 N–H and O–H groups in total. The van der Waals surface area contributed by atoms with Gasteiger partial charge in [0.05, 0.1) is 0 Å². The van der Waals surface area contributed by atoms with Crippen molar-refractivity contribution in [3.05, 3.63) is 0 Å². The molecule has 0 bridgehead atoms. The van der Waals surface area contributed by atoms with E-state index in [0.29, 0.717) is 5.54 Å². The molecular weight excluding hydrogens is 254 g/mol. The van der Waals surface area contributed by atoms with Gasteiger partial charge in [-0.1, -0.05) is 13.8 Å². The molecule has 3 nitrogen and oxygen atoms in total. The molecule has 0 saturated carbocycles. The molecule has 0 aliphatic carbocycles. The Balaban J connectivity index is 1.95. The van der Waals surface area contributed by atoms with Crippen LogP contribution >= 0.6 is 11.8 Å². The predicted molar refractivity (Wildman–Crippen MR) is 85.9 cm³/mol. The first kappa shape index (κ1) is 15.6. The maximum absolute atomic E-state index is 6.21. The van der Waals surface area contributed by atoms with Crippen LogP contribution in [0.4, 0.5) is 0 Å². The Kier molecular flexibility index (Phi) is 6.00. The zero-order valence-corrected chi connectivity index (χ0v) is 13.6. The minimum atomic E-state index is 0.304. The number of hydrogen-bond donors (Lipinski definition) is 1. The Labute approximate surface area is 123 Å². The van der Waals surface area contributed by atoms with E-state index in [-0.39, 0.29) is 0 Å². The van der Waals surface area contributed by atoms with Gasteiger partial charge in [0.2, 0.25) is 0 Å². The maximum atomic E-state index is 6.21. The van der Waals surface area contributed by atoms with Crippen LogP contribution in [0.15, 0.2) is 0 Å². The topological polar surface area (TPSA) is 32.5 Å². The molecule has 0 amide bonds. The number of rotatable bonds is 5. The highest BCUT2D eigenvalue weighted by atomic mass is 32.2. The molecule has 2 rings (SSSR count). The summed E-state index contributed by atoms with van der Waals surface area (Å²) in [7, 11) is 0. The van der Waals surface area contributed by atoms with Gasteiger partial charge < -0.3 is 10.6 Å². The van der Waals surface area contributed by atoms with Gasteiger partial charge in [0.25, 0.3) is 0 Å². The van der Waals surface area contributed by atoms with Crippen LogP contribution in [0.2, 0.25) is 0 Å². The molecule has 0 aromatic rings. The predicted octanol–water partition coefficient (Wildman–Crippen LogP) is 2.02. The lowest BCUT2D eigenvalue weighted by molar-refractivity contribution is 0.0288. The molecule has 2 fully saturated rings. The fraction of sp³-hybridized carbons (Fsp3) is 1.00. The van der Waals surface area contributed by atoms with Crippen LogP contribution in [0.25, 0.3) is 0 Å². The zero-order valence-electron chi connectivity index (χ0n) is 12.7. The smallest absolute Gasteiger partial charge is 0.0356 e. The lowest BCUT2D eigenvalue weighted by Crippen LogP contribution is -2.62. The fourth-order valence-electron chi connectivity index (χ4n) is 3.56. The summed E-state index contributed by atoms with van der Waals surface area (Å²) in [6.07, 6.45) is 5.10. The standard InChI is InChI=1S/C15H31N3S/c1-3-7-17-8-5-15(13-16,6-9-17)18-10-11-19-14(4-2)12-18/h14H,3-13,16H2,1-2H3. The number of thioether (sulfide) groups is 1. The summed E-state index contributed by atoms with van der Waals surface area (Å²) in [6, 6.07) is 0. The van der Waals surface area contributed by atoms with E-state index in [9.17, 15) is 0 Å². The molecule has 1 unspecified atom stereocenters. The second kappa shape index (κ2) is 7.30. The molecule has 2 heterocycles. The quantitative estimate of drug-likeness (QED) is 0.838. The van der Waals surface area contributed by atoms with Crippen LogP contribution in [-0.2, 0) is 0 Å². The zero-order chi connectivity index (χ0) is 13.7. The van der Waals surface area contributed by atoms with Gasteiger partial charge in [0.1, 0.15) is 0 Å². The van der Waals surface area contributed by atoms with Crippen LogP contribution in [0.3, 0.4) is 0 Å². The van der Waals surface area contributed by atoms with E-state index in [1.165, 1.54) is 64.2 Å². The van der Waals surface area contributed by atoms with E-state index in [4.69, 9.17) is 5.73 Å². The first-order valence-electron chi connectivity index (χ1n) is 8.03. The molecule has 0 radical (unpaired) electrons. The van der Waals surface area contributed by atoms with Gasteiger partial charge in [0, 0.05) is 36.2 Å².